The molecule has 2 amide bonds. The summed E-state index contributed by atoms with van der Waals surface area (Å²) in [6.07, 6.45) is 2.78. The second-order valence-corrected chi connectivity index (χ2v) is 6.08. The summed E-state index contributed by atoms with van der Waals surface area (Å²) in [7, 11) is 1.49. The Morgan fingerprint density at radius 2 is 2.15 bits per heavy atom. The Bertz CT molecular complexity index is 783. The van der Waals surface area contributed by atoms with Gasteiger partial charge in [-0.15, -0.1) is 0 Å². The van der Waals surface area contributed by atoms with Crippen LogP contribution in [0.2, 0.25) is 0 Å². The van der Waals surface area contributed by atoms with Gasteiger partial charge in [-0.1, -0.05) is 5.16 Å². The summed E-state index contributed by atoms with van der Waals surface area (Å²) in [4.78, 5) is 34.8. The lowest BCUT2D eigenvalue weighted by molar-refractivity contribution is -0.126. The number of nitrogens with zero attached hydrogens (tertiary/aromatic N) is 4. The normalized spacial score (nSPS) is 14.9. The van der Waals surface area contributed by atoms with Crippen LogP contribution < -0.4 is 10.1 Å². The van der Waals surface area contributed by atoms with E-state index < -0.39 is 0 Å². The zero-order chi connectivity index (χ0) is 18.5. The van der Waals surface area contributed by atoms with Crippen LogP contribution in [0.25, 0.3) is 0 Å². The van der Waals surface area contributed by atoms with Crippen molar-refractivity contribution in [3.8, 4) is 5.88 Å². The molecule has 0 aliphatic carbocycles. The molecule has 0 unspecified atom stereocenters. The molecule has 1 aliphatic heterocycles. The smallest absolute Gasteiger partial charge is 0.259 e. The maximum absolute atomic E-state index is 12.6. The van der Waals surface area contributed by atoms with E-state index in [0.29, 0.717) is 49.1 Å². The molecule has 26 heavy (non-hydrogen) atoms. The van der Waals surface area contributed by atoms with Crippen molar-refractivity contribution in [1.29, 1.82) is 0 Å². The van der Waals surface area contributed by atoms with Crippen LogP contribution in [0.15, 0.2) is 22.9 Å². The summed E-state index contributed by atoms with van der Waals surface area (Å²) in [5.74, 6) is 0.896. The Labute approximate surface area is 150 Å². The third-order valence-corrected chi connectivity index (χ3v) is 4.33. The van der Waals surface area contributed by atoms with E-state index in [4.69, 9.17) is 9.26 Å². The van der Waals surface area contributed by atoms with E-state index in [1.807, 2.05) is 0 Å². The Morgan fingerprint density at radius 3 is 2.81 bits per heavy atom. The molecule has 1 aliphatic rings. The maximum Gasteiger partial charge on any atom is 0.259 e. The summed E-state index contributed by atoms with van der Waals surface area (Å²) in [5.41, 5.74) is 0.435. The van der Waals surface area contributed by atoms with Crippen molar-refractivity contribution in [1.82, 2.24) is 25.3 Å². The second kappa shape index (κ2) is 7.94. The van der Waals surface area contributed by atoms with E-state index in [0.717, 1.165) is 0 Å². The molecule has 0 radical (unpaired) electrons. The number of rotatable bonds is 5. The Kier molecular flexibility index (Phi) is 5.45. The molecule has 1 N–H and O–H groups in total. The average molecular weight is 359 g/mol. The highest BCUT2D eigenvalue weighted by Gasteiger charge is 2.29. The van der Waals surface area contributed by atoms with Gasteiger partial charge in [-0.05, 0) is 31.9 Å². The molecular formula is C17H21N5O4. The lowest BCUT2D eigenvalue weighted by Gasteiger charge is -2.31. The molecular weight excluding hydrogens is 338 g/mol. The van der Waals surface area contributed by atoms with E-state index in [2.05, 4.69) is 20.4 Å². The Balaban J connectivity index is 1.52. The largest absolute Gasteiger partial charge is 0.480 e. The van der Waals surface area contributed by atoms with Gasteiger partial charge in [0, 0.05) is 25.2 Å². The highest BCUT2D eigenvalue weighted by molar-refractivity contribution is 5.96. The van der Waals surface area contributed by atoms with Gasteiger partial charge in [0.2, 0.25) is 17.7 Å². The molecule has 9 heteroatoms. The van der Waals surface area contributed by atoms with Crippen LogP contribution in [0.3, 0.4) is 0 Å². The maximum atomic E-state index is 12.6. The lowest BCUT2D eigenvalue weighted by atomic mass is 9.95. The minimum Gasteiger partial charge on any atom is -0.480 e. The zero-order valence-corrected chi connectivity index (χ0v) is 14.8. The summed E-state index contributed by atoms with van der Waals surface area (Å²) in [6, 6.07) is 3.40. The lowest BCUT2D eigenvalue weighted by Crippen LogP contribution is -2.43. The molecule has 0 spiro atoms. The average Bonchev–Trinajstić information content (AvgIpc) is 3.11. The van der Waals surface area contributed by atoms with Gasteiger partial charge in [0.1, 0.15) is 5.56 Å². The topological polar surface area (TPSA) is 110 Å². The standard InChI is InChI=1S/C17H21N5O4/c1-11-20-14(26-21-11)10-19-15(23)12-5-8-22(9-6-12)17(24)13-4-3-7-18-16(13)25-2/h3-4,7,12H,5-6,8-10H2,1-2H3,(H,19,23). The van der Waals surface area contributed by atoms with Crippen LogP contribution in [0.4, 0.5) is 0 Å². The fourth-order valence-electron chi connectivity index (χ4n) is 2.95. The number of aryl methyl sites for hydroxylation is 1. The second-order valence-electron chi connectivity index (χ2n) is 6.08. The van der Waals surface area contributed by atoms with E-state index in [1.54, 1.807) is 30.2 Å². The van der Waals surface area contributed by atoms with Crippen molar-refractivity contribution in [3.05, 3.63) is 35.6 Å². The molecule has 2 aromatic rings. The molecule has 0 atom stereocenters. The number of ether oxygens (including phenoxy) is 1. The first-order chi connectivity index (χ1) is 12.6. The molecule has 0 aromatic carbocycles. The fraction of sp³-hybridized carbons (Fsp3) is 0.471. The number of aromatic nitrogens is 3. The number of carbonyl (C=O) groups excluding carboxylic acids is 2. The number of amides is 2. The van der Waals surface area contributed by atoms with E-state index >= 15 is 0 Å². The van der Waals surface area contributed by atoms with E-state index in [-0.39, 0.29) is 24.3 Å². The molecule has 138 valence electrons. The summed E-state index contributed by atoms with van der Waals surface area (Å²) in [5, 5.41) is 6.49. The molecule has 3 rings (SSSR count). The van der Waals surface area contributed by atoms with E-state index in [9.17, 15) is 9.59 Å². The van der Waals surface area contributed by atoms with E-state index in [1.165, 1.54) is 7.11 Å². The summed E-state index contributed by atoms with van der Waals surface area (Å²) < 4.78 is 10.1. The van der Waals surface area contributed by atoms with Crippen molar-refractivity contribution in [3.63, 3.8) is 0 Å². The van der Waals surface area contributed by atoms with Gasteiger partial charge in [-0.25, -0.2) is 4.98 Å². The van der Waals surface area contributed by atoms with Crippen molar-refractivity contribution in [2.24, 2.45) is 5.92 Å². The monoisotopic (exact) mass is 359 g/mol. The van der Waals surface area contributed by atoms with Crippen LogP contribution >= 0.6 is 0 Å². The summed E-state index contributed by atoms with van der Waals surface area (Å²) in [6.45, 7) is 2.95. The fourth-order valence-corrected chi connectivity index (χ4v) is 2.95. The van der Waals surface area contributed by atoms with Crippen molar-refractivity contribution in [2.45, 2.75) is 26.3 Å². The first-order valence-corrected chi connectivity index (χ1v) is 8.43. The zero-order valence-electron chi connectivity index (χ0n) is 14.8. The van der Waals surface area contributed by atoms with Gasteiger partial charge in [0.25, 0.3) is 5.91 Å². The van der Waals surface area contributed by atoms with Gasteiger partial charge in [-0.3, -0.25) is 9.59 Å². The molecule has 9 nitrogen and oxygen atoms in total. The van der Waals surface area contributed by atoms with Crippen molar-refractivity contribution >= 4 is 11.8 Å². The van der Waals surface area contributed by atoms with Gasteiger partial charge >= 0.3 is 0 Å². The minimum absolute atomic E-state index is 0.0630. The van der Waals surface area contributed by atoms with Crippen LogP contribution in [-0.2, 0) is 11.3 Å². The highest BCUT2D eigenvalue weighted by Crippen LogP contribution is 2.22. The van der Waals surface area contributed by atoms with Crippen LogP contribution in [0, 0.1) is 12.8 Å². The quantitative estimate of drug-likeness (QED) is 0.846. The number of carbonyl (C=O) groups is 2. The molecule has 0 saturated carbocycles. The number of nitrogens with one attached hydrogen (secondary N) is 1. The van der Waals surface area contributed by atoms with Crippen LogP contribution in [0.1, 0.15) is 34.9 Å². The SMILES string of the molecule is COc1ncccc1C(=O)N1CCC(C(=O)NCc2nc(C)no2)CC1. The third kappa shape index (κ3) is 3.98. The molecule has 0 bridgehead atoms. The van der Waals surface area contributed by atoms with Crippen molar-refractivity contribution in [2.75, 3.05) is 20.2 Å². The number of hydrogen-bond acceptors (Lipinski definition) is 7. The predicted octanol–water partition coefficient (Wildman–Crippen LogP) is 0.950. The first-order valence-electron chi connectivity index (χ1n) is 8.43. The number of piperidine rings is 1. The third-order valence-electron chi connectivity index (χ3n) is 4.33. The number of hydrogen-bond donors (Lipinski definition) is 1. The van der Waals surface area contributed by atoms with Crippen molar-refractivity contribution < 1.29 is 18.8 Å². The Hall–Kier alpha value is -2.97. The molecule has 3 heterocycles. The number of likely N-dealkylation sites (tertiary alicyclic amines) is 1. The number of pyridine rings is 1. The van der Waals surface area contributed by atoms with Crippen LogP contribution in [-0.4, -0.2) is 52.0 Å². The summed E-state index contributed by atoms with van der Waals surface area (Å²) >= 11 is 0. The number of methoxy groups -OCH3 is 1. The first kappa shape index (κ1) is 17.8. The molecule has 1 saturated heterocycles. The molecule has 1 fully saturated rings. The predicted molar refractivity (Wildman–Crippen MR) is 90.3 cm³/mol. The van der Waals surface area contributed by atoms with Gasteiger partial charge < -0.3 is 19.5 Å². The highest BCUT2D eigenvalue weighted by atomic mass is 16.5. The van der Waals surface area contributed by atoms with Gasteiger partial charge in [0.05, 0.1) is 13.7 Å². The van der Waals surface area contributed by atoms with Gasteiger partial charge in [0.15, 0.2) is 5.82 Å². The van der Waals surface area contributed by atoms with Gasteiger partial charge in [-0.2, -0.15) is 4.98 Å². The van der Waals surface area contributed by atoms with Crippen LogP contribution in [0.5, 0.6) is 5.88 Å². The molecule has 2 aromatic heterocycles. The Morgan fingerprint density at radius 1 is 1.38 bits per heavy atom. The minimum atomic E-state index is -0.140.